The fourth-order valence-corrected chi connectivity index (χ4v) is 3.84. The molecule has 0 heterocycles. The molecule has 0 aliphatic carbocycles. The maximum atomic E-state index is 14.6. The molecule has 0 aliphatic heterocycles. The monoisotopic (exact) mass is 496 g/mol. The summed E-state index contributed by atoms with van der Waals surface area (Å²) < 4.78 is 20.2. The number of benzene rings is 3. The molecule has 184 valence electrons. The van der Waals surface area contributed by atoms with Crippen molar-refractivity contribution >= 4 is 23.4 Å². The highest BCUT2D eigenvalue weighted by atomic mass is 35.5. The van der Waals surface area contributed by atoms with Crippen LogP contribution in [-0.4, -0.2) is 35.9 Å². The molecule has 0 bridgehead atoms. The largest absolute Gasteiger partial charge is 0.484 e. The zero-order chi connectivity index (χ0) is 25.0. The van der Waals surface area contributed by atoms with Crippen LogP contribution in [0.1, 0.15) is 30.9 Å². The van der Waals surface area contributed by atoms with Crippen LogP contribution in [0.25, 0.3) is 0 Å². The third-order valence-electron chi connectivity index (χ3n) is 5.56. The Balaban J connectivity index is 1.89. The van der Waals surface area contributed by atoms with Gasteiger partial charge in [0.25, 0.3) is 5.91 Å². The molecule has 0 saturated heterocycles. The number of hydrogen-bond acceptors (Lipinski definition) is 3. The molecule has 0 aromatic heterocycles. The normalized spacial score (nSPS) is 11.5. The summed E-state index contributed by atoms with van der Waals surface area (Å²) >= 11 is 6.02. The number of carbonyl (C=O) groups is 2. The van der Waals surface area contributed by atoms with E-state index in [1.807, 2.05) is 37.3 Å². The van der Waals surface area contributed by atoms with E-state index in [1.165, 1.54) is 11.0 Å². The second-order valence-electron chi connectivity index (χ2n) is 8.21. The van der Waals surface area contributed by atoms with Crippen molar-refractivity contribution in [1.82, 2.24) is 10.2 Å². The number of rotatable bonds is 12. The van der Waals surface area contributed by atoms with Gasteiger partial charge in [-0.2, -0.15) is 0 Å². The van der Waals surface area contributed by atoms with Crippen LogP contribution in [0.4, 0.5) is 4.39 Å². The fraction of sp³-hybridized carbons (Fsp3) is 0.286. The maximum Gasteiger partial charge on any atom is 0.261 e. The van der Waals surface area contributed by atoms with Crippen molar-refractivity contribution in [3.05, 3.63) is 101 Å². The highest BCUT2D eigenvalue weighted by Gasteiger charge is 2.31. The molecule has 3 aromatic rings. The molecule has 0 unspecified atom stereocenters. The summed E-state index contributed by atoms with van der Waals surface area (Å²) in [4.78, 5) is 28.2. The average molecular weight is 497 g/mol. The number of unbranched alkanes of at least 4 members (excludes halogenated alkanes) is 1. The zero-order valence-corrected chi connectivity index (χ0v) is 20.5. The van der Waals surface area contributed by atoms with Crippen molar-refractivity contribution in [1.29, 1.82) is 0 Å². The maximum absolute atomic E-state index is 14.6. The highest BCUT2D eigenvalue weighted by Crippen LogP contribution is 2.19. The van der Waals surface area contributed by atoms with E-state index in [0.717, 1.165) is 18.4 Å². The lowest BCUT2D eigenvalue weighted by atomic mass is 10.0. The highest BCUT2D eigenvalue weighted by molar-refractivity contribution is 6.30. The zero-order valence-electron chi connectivity index (χ0n) is 19.8. The molecule has 1 atom stereocenters. The van der Waals surface area contributed by atoms with Crippen LogP contribution in [0, 0.1) is 5.82 Å². The van der Waals surface area contributed by atoms with E-state index >= 15 is 0 Å². The van der Waals surface area contributed by atoms with Crippen molar-refractivity contribution in [3.63, 3.8) is 0 Å². The molecule has 3 aromatic carbocycles. The van der Waals surface area contributed by atoms with Crippen LogP contribution in [-0.2, 0) is 22.6 Å². The topological polar surface area (TPSA) is 58.6 Å². The molecule has 0 spiro atoms. The number of ether oxygens (including phenoxy) is 1. The quantitative estimate of drug-likeness (QED) is 0.341. The Kier molecular flexibility index (Phi) is 10.1. The van der Waals surface area contributed by atoms with Crippen molar-refractivity contribution < 1.29 is 18.7 Å². The van der Waals surface area contributed by atoms with E-state index in [4.69, 9.17) is 16.3 Å². The third-order valence-corrected chi connectivity index (χ3v) is 5.79. The summed E-state index contributed by atoms with van der Waals surface area (Å²) in [6.07, 6.45) is 2.04. The number of nitrogens with zero attached hydrogens (tertiary/aromatic N) is 1. The van der Waals surface area contributed by atoms with E-state index in [0.29, 0.717) is 22.9 Å². The minimum Gasteiger partial charge on any atom is -0.484 e. The summed E-state index contributed by atoms with van der Waals surface area (Å²) in [5, 5.41) is 3.42. The van der Waals surface area contributed by atoms with Crippen LogP contribution in [0.15, 0.2) is 78.9 Å². The van der Waals surface area contributed by atoms with Gasteiger partial charge in [0, 0.05) is 30.1 Å². The number of carbonyl (C=O) groups excluding carboxylic acids is 2. The van der Waals surface area contributed by atoms with Gasteiger partial charge in [-0.15, -0.1) is 0 Å². The number of amides is 2. The SMILES string of the molecule is CCCCNC(=O)[C@H](Cc1ccccc1)N(Cc1ccccc1F)C(=O)COc1cccc(Cl)c1. The van der Waals surface area contributed by atoms with Gasteiger partial charge in [0.2, 0.25) is 5.91 Å². The van der Waals surface area contributed by atoms with Gasteiger partial charge in [-0.05, 0) is 36.2 Å². The van der Waals surface area contributed by atoms with E-state index in [9.17, 15) is 14.0 Å². The Morgan fingerprint density at radius 1 is 1.03 bits per heavy atom. The van der Waals surface area contributed by atoms with E-state index in [2.05, 4.69) is 5.32 Å². The van der Waals surface area contributed by atoms with Crippen LogP contribution in [0.3, 0.4) is 0 Å². The van der Waals surface area contributed by atoms with E-state index in [-0.39, 0.29) is 25.5 Å². The van der Waals surface area contributed by atoms with Crippen LogP contribution >= 0.6 is 11.6 Å². The van der Waals surface area contributed by atoms with E-state index < -0.39 is 17.8 Å². The Bertz CT molecular complexity index is 1110. The predicted octanol–water partition coefficient (Wildman–Crippen LogP) is 5.41. The molecular formula is C28H30ClFN2O3. The van der Waals surface area contributed by atoms with E-state index in [1.54, 1.807) is 42.5 Å². The summed E-state index contributed by atoms with van der Waals surface area (Å²) in [5.41, 5.74) is 1.22. The first-order valence-electron chi connectivity index (χ1n) is 11.7. The lowest BCUT2D eigenvalue weighted by Gasteiger charge is -2.31. The second kappa shape index (κ2) is 13.5. The fourth-order valence-electron chi connectivity index (χ4n) is 3.66. The molecular weight excluding hydrogens is 467 g/mol. The Morgan fingerprint density at radius 2 is 1.77 bits per heavy atom. The van der Waals surface area contributed by atoms with Crippen molar-refractivity contribution in [2.45, 2.75) is 38.8 Å². The number of hydrogen-bond donors (Lipinski definition) is 1. The van der Waals surface area contributed by atoms with Gasteiger partial charge >= 0.3 is 0 Å². The molecule has 2 amide bonds. The van der Waals surface area contributed by atoms with Crippen molar-refractivity contribution in [2.24, 2.45) is 0 Å². The average Bonchev–Trinajstić information content (AvgIpc) is 2.86. The summed E-state index contributed by atoms with van der Waals surface area (Å²) in [5.74, 6) is -0.718. The van der Waals surface area contributed by atoms with Gasteiger partial charge < -0.3 is 15.0 Å². The molecule has 35 heavy (non-hydrogen) atoms. The predicted molar refractivity (Wildman–Crippen MR) is 136 cm³/mol. The van der Waals surface area contributed by atoms with Crippen LogP contribution in [0.2, 0.25) is 5.02 Å². The summed E-state index contributed by atoms with van der Waals surface area (Å²) in [7, 11) is 0. The van der Waals surface area contributed by atoms with Crippen molar-refractivity contribution in [2.75, 3.05) is 13.2 Å². The molecule has 0 radical (unpaired) electrons. The van der Waals surface area contributed by atoms with Gasteiger partial charge in [-0.25, -0.2) is 4.39 Å². The molecule has 0 saturated carbocycles. The minimum atomic E-state index is -0.843. The standard InChI is InChI=1S/C28H30ClFN2O3/c1-2-3-16-31-28(34)26(17-21-10-5-4-6-11-21)32(19-22-12-7-8-15-25(22)30)27(33)20-35-24-14-9-13-23(29)18-24/h4-15,18,26H,2-3,16-17,19-20H2,1H3,(H,31,34)/t26-/m0/s1. The van der Waals surface area contributed by atoms with Gasteiger partial charge in [-0.3, -0.25) is 9.59 Å². The second-order valence-corrected chi connectivity index (χ2v) is 8.65. The molecule has 7 heteroatoms. The molecule has 0 aliphatic rings. The first kappa shape index (κ1) is 26.2. The molecule has 1 N–H and O–H groups in total. The molecule has 5 nitrogen and oxygen atoms in total. The molecule has 0 fully saturated rings. The Morgan fingerprint density at radius 3 is 2.49 bits per heavy atom. The van der Waals surface area contributed by atoms with Crippen LogP contribution in [0.5, 0.6) is 5.75 Å². The van der Waals surface area contributed by atoms with Gasteiger partial charge in [0.05, 0.1) is 0 Å². The molecule has 3 rings (SSSR count). The first-order chi connectivity index (χ1) is 17.0. The van der Waals surface area contributed by atoms with Gasteiger partial charge in [-0.1, -0.05) is 79.5 Å². The summed E-state index contributed by atoms with van der Waals surface area (Å²) in [6.45, 7) is 2.15. The first-order valence-corrected chi connectivity index (χ1v) is 12.1. The van der Waals surface area contributed by atoms with Gasteiger partial charge in [0.15, 0.2) is 6.61 Å². The Labute approximate surface area is 210 Å². The summed E-state index contributed by atoms with van der Waals surface area (Å²) in [6, 6.07) is 21.6. The third kappa shape index (κ3) is 8.11. The Hall–Kier alpha value is -3.38. The lowest BCUT2D eigenvalue weighted by molar-refractivity contribution is -0.142. The lowest BCUT2D eigenvalue weighted by Crippen LogP contribution is -2.52. The number of halogens is 2. The number of nitrogens with one attached hydrogen (secondary N) is 1. The van der Waals surface area contributed by atoms with Crippen LogP contribution < -0.4 is 10.1 Å². The van der Waals surface area contributed by atoms with Crippen molar-refractivity contribution in [3.8, 4) is 5.75 Å². The van der Waals surface area contributed by atoms with Gasteiger partial charge in [0.1, 0.15) is 17.6 Å². The smallest absolute Gasteiger partial charge is 0.261 e. The minimum absolute atomic E-state index is 0.0664.